The first-order chi connectivity index (χ1) is 13.1. The number of benzene rings is 1. The van der Waals surface area contributed by atoms with Gasteiger partial charge in [0, 0.05) is 27.0 Å². The molecular weight excluding hydrogens is 354 g/mol. The summed E-state index contributed by atoms with van der Waals surface area (Å²) in [6.07, 6.45) is 3.49. The van der Waals surface area contributed by atoms with Crippen LogP contribution in [0.4, 0.5) is 0 Å². The summed E-state index contributed by atoms with van der Waals surface area (Å²) < 4.78 is 2.99. The van der Waals surface area contributed by atoms with Gasteiger partial charge in [-0.15, -0.1) is 11.3 Å². The first kappa shape index (κ1) is 17.9. The van der Waals surface area contributed by atoms with Crippen LogP contribution in [0, 0.1) is 13.8 Å². The van der Waals surface area contributed by atoms with Crippen LogP contribution in [0.2, 0.25) is 0 Å². The zero-order valence-corrected chi connectivity index (χ0v) is 16.5. The van der Waals surface area contributed by atoms with Gasteiger partial charge in [0.15, 0.2) is 0 Å². The van der Waals surface area contributed by atoms with E-state index in [1.807, 2.05) is 36.5 Å². The van der Waals surface area contributed by atoms with Crippen molar-refractivity contribution < 1.29 is 0 Å². The number of pyridine rings is 1. The summed E-state index contributed by atoms with van der Waals surface area (Å²) in [6, 6.07) is 14.2. The molecule has 0 saturated heterocycles. The van der Waals surface area contributed by atoms with Crippen molar-refractivity contribution in [3.63, 3.8) is 0 Å². The first-order valence-corrected chi connectivity index (χ1v) is 10.1. The minimum Gasteiger partial charge on any atom is -0.316 e. The van der Waals surface area contributed by atoms with Gasteiger partial charge in [0.25, 0.3) is 5.56 Å². The average Bonchev–Trinajstić information content (AvgIpc) is 3.00. The van der Waals surface area contributed by atoms with E-state index >= 15 is 0 Å². The molecule has 138 valence electrons. The third kappa shape index (κ3) is 3.53. The van der Waals surface area contributed by atoms with Crippen LogP contribution in [0.25, 0.3) is 15.7 Å². The largest absolute Gasteiger partial charge is 0.316 e. The SMILES string of the molecule is Cc1nc2ccccn2c(=O)c1CCNCCc1sc2ccccc2c1C. The normalized spacial score (nSPS) is 11.5. The maximum absolute atomic E-state index is 12.7. The van der Waals surface area contributed by atoms with Crippen molar-refractivity contribution in [3.05, 3.63) is 80.7 Å². The molecule has 4 nitrogen and oxygen atoms in total. The molecule has 4 rings (SSSR count). The average molecular weight is 378 g/mol. The Bertz CT molecular complexity index is 1160. The fourth-order valence-electron chi connectivity index (χ4n) is 3.53. The van der Waals surface area contributed by atoms with Crippen LogP contribution < -0.4 is 10.9 Å². The van der Waals surface area contributed by atoms with Crippen LogP contribution in [-0.4, -0.2) is 22.5 Å². The van der Waals surface area contributed by atoms with E-state index in [0.717, 1.165) is 30.8 Å². The summed E-state index contributed by atoms with van der Waals surface area (Å²) in [5.74, 6) is 0. The second kappa shape index (κ2) is 7.62. The predicted octanol–water partition coefficient (Wildman–Crippen LogP) is 3.90. The molecule has 0 atom stereocenters. The second-order valence-corrected chi connectivity index (χ2v) is 7.94. The van der Waals surface area contributed by atoms with Gasteiger partial charge in [-0.25, -0.2) is 4.98 Å². The van der Waals surface area contributed by atoms with Crippen LogP contribution in [0.1, 0.15) is 21.7 Å². The Balaban J connectivity index is 1.38. The lowest BCUT2D eigenvalue weighted by atomic mass is 10.1. The maximum Gasteiger partial charge on any atom is 0.261 e. The summed E-state index contributed by atoms with van der Waals surface area (Å²) in [5, 5.41) is 4.85. The molecule has 0 aliphatic heterocycles. The van der Waals surface area contributed by atoms with Crippen LogP contribution in [0.15, 0.2) is 53.5 Å². The van der Waals surface area contributed by atoms with Crippen LogP contribution in [0.3, 0.4) is 0 Å². The summed E-state index contributed by atoms with van der Waals surface area (Å²) in [7, 11) is 0. The molecule has 27 heavy (non-hydrogen) atoms. The fourth-order valence-corrected chi connectivity index (χ4v) is 4.74. The number of aromatic nitrogens is 2. The van der Waals surface area contributed by atoms with Crippen molar-refractivity contribution in [1.29, 1.82) is 0 Å². The number of hydrogen-bond donors (Lipinski definition) is 1. The number of hydrogen-bond acceptors (Lipinski definition) is 4. The monoisotopic (exact) mass is 377 g/mol. The number of thiophene rings is 1. The van der Waals surface area contributed by atoms with Gasteiger partial charge in [-0.05, 0) is 68.9 Å². The molecule has 5 heteroatoms. The Morgan fingerprint density at radius 1 is 1.04 bits per heavy atom. The third-order valence-corrected chi connectivity index (χ3v) is 6.39. The Labute approximate surface area is 162 Å². The van der Waals surface area contributed by atoms with E-state index in [2.05, 4.69) is 41.5 Å². The van der Waals surface area contributed by atoms with Crippen molar-refractivity contribution in [2.24, 2.45) is 0 Å². The smallest absolute Gasteiger partial charge is 0.261 e. The van der Waals surface area contributed by atoms with E-state index in [1.165, 1.54) is 20.5 Å². The van der Waals surface area contributed by atoms with Gasteiger partial charge in [-0.3, -0.25) is 9.20 Å². The third-order valence-electron chi connectivity index (χ3n) is 5.06. The molecule has 0 unspecified atom stereocenters. The van der Waals surface area contributed by atoms with E-state index in [-0.39, 0.29) is 5.56 Å². The van der Waals surface area contributed by atoms with Crippen LogP contribution in [0.5, 0.6) is 0 Å². The summed E-state index contributed by atoms with van der Waals surface area (Å²) in [6.45, 7) is 5.82. The highest BCUT2D eigenvalue weighted by Crippen LogP contribution is 2.30. The number of aryl methyl sites for hydroxylation is 2. The Hall–Kier alpha value is -2.50. The van der Waals surface area contributed by atoms with Gasteiger partial charge in [0.2, 0.25) is 0 Å². The molecule has 1 aromatic carbocycles. The van der Waals surface area contributed by atoms with Gasteiger partial charge < -0.3 is 5.32 Å². The van der Waals surface area contributed by atoms with E-state index < -0.39 is 0 Å². The van der Waals surface area contributed by atoms with E-state index in [1.54, 1.807) is 10.6 Å². The Morgan fingerprint density at radius 2 is 1.81 bits per heavy atom. The topological polar surface area (TPSA) is 46.4 Å². The molecule has 0 aliphatic rings. The lowest BCUT2D eigenvalue weighted by Crippen LogP contribution is -2.26. The van der Waals surface area contributed by atoms with Gasteiger partial charge in [-0.1, -0.05) is 24.3 Å². The Morgan fingerprint density at radius 3 is 2.67 bits per heavy atom. The first-order valence-electron chi connectivity index (χ1n) is 9.30. The molecule has 1 N–H and O–H groups in total. The van der Waals surface area contributed by atoms with Crippen molar-refractivity contribution in [3.8, 4) is 0 Å². The number of rotatable bonds is 6. The minimum atomic E-state index is 0.0419. The molecule has 0 bridgehead atoms. The highest BCUT2D eigenvalue weighted by atomic mass is 32.1. The number of nitrogens with one attached hydrogen (secondary N) is 1. The molecule has 0 amide bonds. The van der Waals surface area contributed by atoms with E-state index in [4.69, 9.17) is 0 Å². The summed E-state index contributed by atoms with van der Waals surface area (Å²) in [4.78, 5) is 18.7. The zero-order valence-electron chi connectivity index (χ0n) is 15.7. The predicted molar refractivity (Wildman–Crippen MR) is 113 cm³/mol. The fraction of sp³-hybridized carbons (Fsp3) is 0.273. The van der Waals surface area contributed by atoms with Crippen molar-refractivity contribution in [1.82, 2.24) is 14.7 Å². The van der Waals surface area contributed by atoms with Gasteiger partial charge in [-0.2, -0.15) is 0 Å². The molecule has 0 saturated carbocycles. The molecule has 3 heterocycles. The summed E-state index contributed by atoms with van der Waals surface area (Å²) in [5.41, 5.74) is 3.76. The lowest BCUT2D eigenvalue weighted by Gasteiger charge is -2.09. The molecule has 4 aromatic rings. The number of fused-ring (bicyclic) bond motifs is 2. The molecule has 0 radical (unpaired) electrons. The van der Waals surface area contributed by atoms with Crippen molar-refractivity contribution in [2.75, 3.05) is 13.1 Å². The molecule has 0 spiro atoms. The Kier molecular flexibility index (Phi) is 5.05. The van der Waals surface area contributed by atoms with Crippen LogP contribution >= 0.6 is 11.3 Å². The molecule has 0 aliphatic carbocycles. The minimum absolute atomic E-state index is 0.0419. The highest BCUT2D eigenvalue weighted by Gasteiger charge is 2.10. The van der Waals surface area contributed by atoms with Crippen molar-refractivity contribution in [2.45, 2.75) is 26.7 Å². The maximum atomic E-state index is 12.7. The molecule has 0 fully saturated rings. The number of nitrogens with zero attached hydrogens (tertiary/aromatic N) is 2. The molecule has 3 aromatic heterocycles. The van der Waals surface area contributed by atoms with E-state index in [0.29, 0.717) is 12.1 Å². The highest BCUT2D eigenvalue weighted by molar-refractivity contribution is 7.19. The van der Waals surface area contributed by atoms with E-state index in [9.17, 15) is 4.79 Å². The quantitative estimate of drug-likeness (QED) is 0.519. The molecular formula is C22H23N3OS. The lowest BCUT2D eigenvalue weighted by molar-refractivity contribution is 0.677. The van der Waals surface area contributed by atoms with Gasteiger partial charge in [0.05, 0.1) is 0 Å². The zero-order chi connectivity index (χ0) is 18.8. The van der Waals surface area contributed by atoms with Gasteiger partial charge >= 0.3 is 0 Å². The standard InChI is InChI=1S/C22H23N3OS/c1-15-17-7-3-4-8-20(17)27-19(15)11-13-23-12-10-18-16(2)24-21-9-5-6-14-25(21)22(18)26/h3-9,14,23H,10-13H2,1-2H3. The second-order valence-electron chi connectivity index (χ2n) is 6.81. The van der Waals surface area contributed by atoms with Gasteiger partial charge in [0.1, 0.15) is 5.65 Å². The summed E-state index contributed by atoms with van der Waals surface area (Å²) >= 11 is 1.88. The van der Waals surface area contributed by atoms with Crippen LogP contribution in [-0.2, 0) is 12.8 Å². The van der Waals surface area contributed by atoms with Crippen molar-refractivity contribution >= 4 is 27.1 Å².